The number of aromatic nitrogens is 2. The molecular weight excluding hydrogens is 400 g/mol. The molecule has 172 valence electrons. The Bertz CT molecular complexity index is 945. The monoisotopic (exact) mass is 436 g/mol. The highest BCUT2D eigenvalue weighted by Crippen LogP contribution is 2.29. The van der Waals surface area contributed by atoms with Gasteiger partial charge < -0.3 is 20.9 Å². The number of fused-ring (bicyclic) bond motifs is 1. The molecule has 1 heterocycles. The van der Waals surface area contributed by atoms with E-state index >= 15 is 0 Å². The van der Waals surface area contributed by atoms with E-state index in [1.54, 1.807) is 0 Å². The number of anilines is 3. The lowest BCUT2D eigenvalue weighted by Crippen LogP contribution is -2.42. The van der Waals surface area contributed by atoms with Crippen LogP contribution in [-0.4, -0.2) is 42.2 Å². The fourth-order valence-corrected chi connectivity index (χ4v) is 4.92. The van der Waals surface area contributed by atoms with Crippen molar-refractivity contribution in [3.63, 3.8) is 0 Å². The highest BCUT2D eigenvalue weighted by atomic mass is 16.2. The Hall–Kier alpha value is -2.83. The lowest BCUT2D eigenvalue weighted by atomic mass is 9.91. The first-order chi connectivity index (χ1) is 15.4. The Balaban J connectivity index is 1.31. The van der Waals surface area contributed by atoms with Gasteiger partial charge in [0.05, 0.1) is 5.69 Å². The molecule has 1 aromatic carbocycles. The van der Waals surface area contributed by atoms with E-state index in [1.165, 1.54) is 24.1 Å². The molecule has 0 spiro atoms. The number of rotatable bonds is 5. The first-order valence-electron chi connectivity index (χ1n) is 11.9. The molecule has 7 heteroatoms. The molecule has 1 fully saturated rings. The van der Waals surface area contributed by atoms with Gasteiger partial charge in [-0.15, -0.1) is 0 Å². The van der Waals surface area contributed by atoms with E-state index in [0.29, 0.717) is 6.04 Å². The predicted molar refractivity (Wildman–Crippen MR) is 131 cm³/mol. The zero-order chi connectivity index (χ0) is 22.7. The van der Waals surface area contributed by atoms with Gasteiger partial charge in [0.25, 0.3) is 0 Å². The summed E-state index contributed by atoms with van der Waals surface area (Å²) in [6, 6.07) is 6.46. The molecule has 0 saturated heterocycles. The van der Waals surface area contributed by atoms with Gasteiger partial charge in [-0.3, -0.25) is 0 Å². The number of urea groups is 1. The average Bonchev–Trinajstić information content (AvgIpc) is 2.77. The summed E-state index contributed by atoms with van der Waals surface area (Å²) >= 11 is 0. The number of nitrogens with one attached hydrogen (secondary N) is 3. The fourth-order valence-electron chi connectivity index (χ4n) is 4.92. The standard InChI is InChI=1S/C25H36N6O/c1-16-8-7-9-17(2)22(16)29-25(32)27-19-14-12-18(13-15-19)26-24-28-21-11-6-5-10-20(21)23(30-24)31(3)4/h7-9,18-19H,5-6,10-15H2,1-4H3,(H,26,28,30)(H2,27,29,32)/t18-,19+. The Morgan fingerprint density at radius 1 is 0.969 bits per heavy atom. The number of carbonyl (C=O) groups excluding carboxylic acids is 1. The molecule has 7 nitrogen and oxygen atoms in total. The van der Waals surface area contributed by atoms with Crippen molar-refractivity contribution in [2.24, 2.45) is 0 Å². The number of aryl methyl sites for hydroxylation is 3. The van der Waals surface area contributed by atoms with Gasteiger partial charge in [0.15, 0.2) is 0 Å². The second kappa shape index (κ2) is 9.76. The number of amides is 2. The predicted octanol–water partition coefficient (Wildman–Crippen LogP) is 4.58. The number of benzene rings is 1. The molecule has 32 heavy (non-hydrogen) atoms. The molecule has 0 atom stereocenters. The highest BCUT2D eigenvalue weighted by Gasteiger charge is 2.25. The number of para-hydroxylation sites is 1. The van der Waals surface area contributed by atoms with Crippen LogP contribution in [0.15, 0.2) is 18.2 Å². The molecule has 2 aliphatic rings. The first kappa shape index (κ1) is 22.4. The second-order valence-electron chi connectivity index (χ2n) is 9.46. The van der Waals surface area contributed by atoms with Crippen LogP contribution < -0.4 is 20.9 Å². The molecule has 3 N–H and O–H groups in total. The third kappa shape index (κ3) is 5.14. The van der Waals surface area contributed by atoms with Gasteiger partial charge in [0.2, 0.25) is 5.95 Å². The second-order valence-corrected chi connectivity index (χ2v) is 9.46. The molecule has 2 aliphatic carbocycles. The zero-order valence-corrected chi connectivity index (χ0v) is 19.8. The maximum Gasteiger partial charge on any atom is 0.319 e. The minimum Gasteiger partial charge on any atom is -0.362 e. The lowest BCUT2D eigenvalue weighted by Gasteiger charge is -2.30. The summed E-state index contributed by atoms with van der Waals surface area (Å²) in [6.45, 7) is 4.04. The molecule has 0 unspecified atom stereocenters. The van der Waals surface area contributed by atoms with Crippen LogP contribution >= 0.6 is 0 Å². The molecule has 2 amide bonds. The van der Waals surface area contributed by atoms with Crippen LogP contribution in [-0.2, 0) is 12.8 Å². The van der Waals surface area contributed by atoms with Crippen LogP contribution in [0.1, 0.15) is 60.9 Å². The summed E-state index contributed by atoms with van der Waals surface area (Å²) in [7, 11) is 4.11. The van der Waals surface area contributed by atoms with E-state index in [0.717, 1.165) is 67.1 Å². The van der Waals surface area contributed by atoms with Gasteiger partial charge in [0, 0.05) is 37.4 Å². The van der Waals surface area contributed by atoms with Crippen molar-refractivity contribution in [1.82, 2.24) is 15.3 Å². The van der Waals surface area contributed by atoms with Gasteiger partial charge in [-0.1, -0.05) is 18.2 Å². The fraction of sp³-hybridized carbons (Fsp3) is 0.560. The van der Waals surface area contributed by atoms with E-state index in [4.69, 9.17) is 9.97 Å². The maximum atomic E-state index is 12.5. The van der Waals surface area contributed by atoms with Crippen LogP contribution in [0.25, 0.3) is 0 Å². The van der Waals surface area contributed by atoms with Crippen molar-refractivity contribution < 1.29 is 4.79 Å². The van der Waals surface area contributed by atoms with Gasteiger partial charge >= 0.3 is 6.03 Å². The topological polar surface area (TPSA) is 82.2 Å². The van der Waals surface area contributed by atoms with Crippen molar-refractivity contribution >= 4 is 23.5 Å². The molecule has 2 aromatic rings. The molecule has 1 saturated carbocycles. The van der Waals surface area contributed by atoms with Crippen molar-refractivity contribution in [3.05, 3.63) is 40.6 Å². The van der Waals surface area contributed by atoms with Crippen LogP contribution in [0.5, 0.6) is 0 Å². The average molecular weight is 437 g/mol. The maximum absolute atomic E-state index is 12.5. The number of hydrogen-bond acceptors (Lipinski definition) is 5. The van der Waals surface area contributed by atoms with Gasteiger partial charge in [-0.05, 0) is 76.3 Å². The third-order valence-corrected chi connectivity index (χ3v) is 6.70. The van der Waals surface area contributed by atoms with Gasteiger partial charge in [-0.25, -0.2) is 9.78 Å². The molecule has 4 rings (SSSR count). The summed E-state index contributed by atoms with van der Waals surface area (Å²) < 4.78 is 0. The van der Waals surface area contributed by atoms with E-state index in [-0.39, 0.29) is 12.1 Å². The van der Waals surface area contributed by atoms with Crippen molar-refractivity contribution in [3.8, 4) is 0 Å². The van der Waals surface area contributed by atoms with Gasteiger partial charge in [0.1, 0.15) is 5.82 Å². The Morgan fingerprint density at radius 3 is 2.31 bits per heavy atom. The van der Waals surface area contributed by atoms with Crippen LogP contribution in [0.2, 0.25) is 0 Å². The number of nitrogens with zero attached hydrogens (tertiary/aromatic N) is 3. The smallest absolute Gasteiger partial charge is 0.319 e. The minimum atomic E-state index is -0.118. The zero-order valence-electron chi connectivity index (χ0n) is 19.8. The summed E-state index contributed by atoms with van der Waals surface area (Å²) in [4.78, 5) is 24.3. The lowest BCUT2D eigenvalue weighted by molar-refractivity contribution is 0.243. The first-order valence-corrected chi connectivity index (χ1v) is 11.9. The van der Waals surface area contributed by atoms with Crippen molar-refractivity contribution in [1.29, 1.82) is 0 Å². The van der Waals surface area contributed by atoms with Crippen LogP contribution in [0.3, 0.4) is 0 Å². The molecular formula is C25H36N6O. The van der Waals surface area contributed by atoms with E-state index in [1.807, 2.05) is 32.0 Å². The number of carbonyl (C=O) groups is 1. The Kier molecular flexibility index (Phi) is 6.82. The normalized spacial score (nSPS) is 20.2. The number of hydrogen-bond donors (Lipinski definition) is 3. The van der Waals surface area contributed by atoms with Gasteiger partial charge in [-0.2, -0.15) is 4.98 Å². The summed E-state index contributed by atoms with van der Waals surface area (Å²) in [5.41, 5.74) is 5.58. The Morgan fingerprint density at radius 2 is 1.62 bits per heavy atom. The Labute approximate surface area is 191 Å². The van der Waals surface area contributed by atoms with Crippen molar-refractivity contribution in [2.75, 3.05) is 29.6 Å². The van der Waals surface area contributed by atoms with Crippen molar-refractivity contribution in [2.45, 2.75) is 77.3 Å². The van der Waals surface area contributed by atoms with E-state index < -0.39 is 0 Å². The molecule has 0 radical (unpaired) electrons. The third-order valence-electron chi connectivity index (χ3n) is 6.70. The summed E-state index contributed by atoms with van der Waals surface area (Å²) in [6.07, 6.45) is 8.42. The van der Waals surface area contributed by atoms with E-state index in [9.17, 15) is 4.79 Å². The SMILES string of the molecule is Cc1cccc(C)c1NC(=O)N[C@H]1CC[C@@H](Nc2nc3c(c(N(C)C)n2)CCCC3)CC1. The summed E-state index contributed by atoms with van der Waals surface area (Å²) in [5, 5.41) is 9.77. The van der Waals surface area contributed by atoms with E-state index in [2.05, 4.69) is 34.9 Å². The minimum absolute atomic E-state index is 0.118. The molecule has 0 aliphatic heterocycles. The highest BCUT2D eigenvalue weighted by molar-refractivity contribution is 5.91. The largest absolute Gasteiger partial charge is 0.362 e. The summed E-state index contributed by atoms with van der Waals surface area (Å²) in [5.74, 6) is 1.80. The quantitative estimate of drug-likeness (QED) is 0.639. The van der Waals surface area contributed by atoms with Crippen LogP contribution in [0.4, 0.5) is 22.2 Å². The molecule has 1 aromatic heterocycles. The van der Waals surface area contributed by atoms with Crippen LogP contribution in [0, 0.1) is 13.8 Å². The molecule has 0 bridgehead atoms.